The predicted molar refractivity (Wildman–Crippen MR) is 103 cm³/mol. The Balaban J connectivity index is 1.77. The number of carbonyl (C=O) groups excluding carboxylic acids is 1. The topological polar surface area (TPSA) is 91.6 Å². The van der Waals surface area contributed by atoms with Crippen molar-refractivity contribution in [2.24, 2.45) is 7.05 Å². The van der Waals surface area contributed by atoms with Crippen molar-refractivity contribution in [2.45, 2.75) is 36.9 Å². The highest BCUT2D eigenvalue weighted by atomic mass is 32.2. The molecule has 2 aromatic heterocycles. The number of sulfonamides is 1. The molecule has 1 amide bonds. The fourth-order valence-corrected chi connectivity index (χ4v) is 6.24. The molecule has 0 radical (unpaired) electrons. The van der Waals surface area contributed by atoms with Crippen LogP contribution in [-0.2, 0) is 17.1 Å². The van der Waals surface area contributed by atoms with Crippen molar-refractivity contribution in [1.82, 2.24) is 24.0 Å². The van der Waals surface area contributed by atoms with E-state index >= 15 is 0 Å². The van der Waals surface area contributed by atoms with Crippen LogP contribution in [0, 0.1) is 0 Å². The Hall–Kier alpha value is -2.46. The van der Waals surface area contributed by atoms with E-state index in [0.29, 0.717) is 24.6 Å². The number of hydrogen-bond donors (Lipinski definition) is 0. The minimum atomic E-state index is -3.74. The first-order valence-electron chi connectivity index (χ1n) is 9.22. The van der Waals surface area contributed by atoms with E-state index in [0.717, 1.165) is 0 Å². The van der Waals surface area contributed by atoms with Crippen LogP contribution in [0.2, 0.25) is 0 Å². The number of aromatic nitrogens is 3. The van der Waals surface area contributed by atoms with Crippen molar-refractivity contribution in [3.63, 3.8) is 0 Å². The Bertz CT molecular complexity index is 1020. The van der Waals surface area contributed by atoms with E-state index in [1.165, 1.54) is 4.31 Å². The van der Waals surface area contributed by atoms with Gasteiger partial charge in [0.05, 0.1) is 12.1 Å². The maximum atomic E-state index is 13.4. The highest BCUT2D eigenvalue weighted by molar-refractivity contribution is 7.89. The Morgan fingerprint density at radius 2 is 1.89 bits per heavy atom. The molecule has 2 atom stereocenters. The van der Waals surface area contributed by atoms with Crippen LogP contribution >= 0.6 is 0 Å². The maximum absolute atomic E-state index is 13.4. The lowest BCUT2D eigenvalue weighted by molar-refractivity contribution is 0.0775. The average molecular weight is 404 g/mol. The number of rotatable bonds is 2. The molecule has 10 heteroatoms. The van der Waals surface area contributed by atoms with Gasteiger partial charge < -0.3 is 9.80 Å². The second-order valence-corrected chi connectivity index (χ2v) is 9.40. The van der Waals surface area contributed by atoms with E-state index in [2.05, 4.69) is 10.1 Å². The Kier molecular flexibility index (Phi) is 4.42. The molecule has 0 spiro atoms. The average Bonchev–Trinajstić information content (AvgIpc) is 3.25. The van der Waals surface area contributed by atoms with E-state index in [-0.39, 0.29) is 28.9 Å². The van der Waals surface area contributed by atoms with Gasteiger partial charge in [0.1, 0.15) is 16.4 Å². The molecule has 4 heterocycles. The van der Waals surface area contributed by atoms with Crippen LogP contribution < -0.4 is 4.90 Å². The third-order valence-electron chi connectivity index (χ3n) is 5.45. The predicted octanol–water partition coefficient (Wildman–Crippen LogP) is 0.557. The molecule has 0 unspecified atom stereocenters. The van der Waals surface area contributed by atoms with Crippen molar-refractivity contribution in [1.29, 1.82) is 0 Å². The molecule has 4 rings (SSSR count). The number of pyridine rings is 1. The third kappa shape index (κ3) is 2.78. The van der Waals surface area contributed by atoms with Crippen LogP contribution in [-0.4, -0.2) is 76.6 Å². The summed E-state index contributed by atoms with van der Waals surface area (Å²) in [7, 11) is -0.141. The molecule has 0 aliphatic carbocycles. The van der Waals surface area contributed by atoms with Gasteiger partial charge in [-0.15, -0.1) is 0 Å². The molecule has 0 saturated carbocycles. The smallest absolute Gasteiger partial charge is 0.274 e. The van der Waals surface area contributed by atoms with E-state index in [1.54, 1.807) is 47.2 Å². The van der Waals surface area contributed by atoms with Crippen molar-refractivity contribution in [3.05, 3.63) is 36.3 Å². The number of amides is 1. The number of likely N-dealkylation sites (N-methyl/N-ethyl adjacent to an activating group) is 1. The molecule has 2 aromatic rings. The maximum Gasteiger partial charge on any atom is 0.274 e. The summed E-state index contributed by atoms with van der Waals surface area (Å²) in [5.41, 5.74) is 0.360. The first kappa shape index (κ1) is 18.9. The van der Waals surface area contributed by atoms with Gasteiger partial charge in [-0.1, -0.05) is 0 Å². The third-order valence-corrected chi connectivity index (χ3v) is 7.57. The lowest BCUT2D eigenvalue weighted by atomic mass is 10.1. The summed E-state index contributed by atoms with van der Waals surface area (Å²) in [5, 5.41) is 4.20. The number of fused-ring (bicyclic) bond motifs is 2. The van der Waals surface area contributed by atoms with Gasteiger partial charge in [0.15, 0.2) is 0 Å². The van der Waals surface area contributed by atoms with Crippen molar-refractivity contribution < 1.29 is 13.2 Å². The highest BCUT2D eigenvalue weighted by Gasteiger charge is 2.50. The zero-order chi connectivity index (χ0) is 20.2. The van der Waals surface area contributed by atoms with Crippen LogP contribution in [0.4, 0.5) is 5.82 Å². The second-order valence-electron chi connectivity index (χ2n) is 7.58. The van der Waals surface area contributed by atoms with Crippen molar-refractivity contribution >= 4 is 21.7 Å². The standard InChI is InChI=1S/C18H24N6O3S/c1-12(2)24-15-11-23(18(25)13-7-9-21(3)20-13)10-14(15)22(4)17-16(28(24,26)27)6-5-8-19-17/h5-9,12,14-15H,10-11H2,1-4H3/t14-,15-/m1/s1. The van der Waals surface area contributed by atoms with Gasteiger partial charge in [0.2, 0.25) is 10.0 Å². The molecule has 0 N–H and O–H groups in total. The first-order chi connectivity index (χ1) is 13.2. The first-order valence-corrected chi connectivity index (χ1v) is 10.7. The van der Waals surface area contributed by atoms with Crippen molar-refractivity contribution in [3.8, 4) is 0 Å². The van der Waals surface area contributed by atoms with Gasteiger partial charge in [-0.05, 0) is 32.0 Å². The fourth-order valence-electron chi connectivity index (χ4n) is 4.21. The number of hydrogen-bond acceptors (Lipinski definition) is 6. The fraction of sp³-hybridized carbons (Fsp3) is 0.500. The van der Waals surface area contributed by atoms with Crippen LogP contribution in [0.15, 0.2) is 35.5 Å². The molecular weight excluding hydrogens is 380 g/mol. The number of carbonyl (C=O) groups is 1. The lowest BCUT2D eigenvalue weighted by Crippen LogP contribution is -2.52. The molecule has 2 aliphatic heterocycles. The normalized spacial score (nSPS) is 24.2. The molecule has 28 heavy (non-hydrogen) atoms. The number of likely N-dealkylation sites (tertiary alicyclic amines) is 1. The van der Waals surface area contributed by atoms with Crippen molar-refractivity contribution in [2.75, 3.05) is 25.0 Å². The molecule has 9 nitrogen and oxygen atoms in total. The van der Waals surface area contributed by atoms with E-state index in [4.69, 9.17) is 0 Å². The number of nitrogens with zero attached hydrogens (tertiary/aromatic N) is 6. The molecule has 1 fully saturated rings. The molecule has 150 valence electrons. The van der Waals surface area contributed by atoms with Gasteiger partial charge >= 0.3 is 0 Å². The molecule has 1 saturated heterocycles. The minimum Gasteiger partial charge on any atom is -0.352 e. The summed E-state index contributed by atoms with van der Waals surface area (Å²) in [6, 6.07) is 4.11. The lowest BCUT2D eigenvalue weighted by Gasteiger charge is -2.33. The number of aryl methyl sites for hydroxylation is 1. The summed E-state index contributed by atoms with van der Waals surface area (Å²) < 4.78 is 30.0. The van der Waals surface area contributed by atoms with Gasteiger partial charge in [0, 0.05) is 45.6 Å². The van der Waals surface area contributed by atoms with Gasteiger partial charge in [-0.25, -0.2) is 13.4 Å². The highest BCUT2D eigenvalue weighted by Crippen LogP contribution is 2.37. The van der Waals surface area contributed by atoms with E-state index in [1.807, 2.05) is 25.8 Å². The molecule has 0 aromatic carbocycles. The Morgan fingerprint density at radius 1 is 1.18 bits per heavy atom. The quantitative estimate of drug-likeness (QED) is 0.726. The zero-order valence-electron chi connectivity index (χ0n) is 16.3. The van der Waals surface area contributed by atoms with Gasteiger partial charge in [0.25, 0.3) is 5.91 Å². The summed E-state index contributed by atoms with van der Waals surface area (Å²) >= 11 is 0. The molecular formula is C18H24N6O3S. The van der Waals surface area contributed by atoms with Crippen LogP contribution in [0.5, 0.6) is 0 Å². The SMILES string of the molecule is CC(C)N1[C@@H]2CN(C(=O)c3ccn(C)n3)C[C@H]2N(C)c2ncccc2S1(=O)=O. The van der Waals surface area contributed by atoms with Crippen LogP contribution in [0.25, 0.3) is 0 Å². The van der Waals surface area contributed by atoms with Crippen LogP contribution in [0.3, 0.4) is 0 Å². The Morgan fingerprint density at radius 3 is 2.54 bits per heavy atom. The van der Waals surface area contributed by atoms with Gasteiger partial charge in [-0.2, -0.15) is 9.40 Å². The summed E-state index contributed by atoms with van der Waals surface area (Å²) in [6.07, 6.45) is 3.31. The summed E-state index contributed by atoms with van der Waals surface area (Å²) in [4.78, 5) is 21.1. The Labute approximate surface area is 164 Å². The summed E-state index contributed by atoms with van der Waals surface area (Å²) in [5.74, 6) is 0.234. The minimum absolute atomic E-state index is 0.190. The number of anilines is 1. The van der Waals surface area contributed by atoms with E-state index < -0.39 is 10.0 Å². The monoisotopic (exact) mass is 404 g/mol. The zero-order valence-corrected chi connectivity index (χ0v) is 17.2. The van der Waals surface area contributed by atoms with Crippen LogP contribution in [0.1, 0.15) is 24.3 Å². The molecule has 0 bridgehead atoms. The summed E-state index contributed by atoms with van der Waals surface area (Å²) in [6.45, 7) is 4.44. The molecule has 2 aliphatic rings. The largest absolute Gasteiger partial charge is 0.352 e. The van der Waals surface area contributed by atoms with E-state index in [9.17, 15) is 13.2 Å². The van der Waals surface area contributed by atoms with Gasteiger partial charge in [-0.3, -0.25) is 9.48 Å². The second kappa shape index (κ2) is 6.56.